The van der Waals surface area contributed by atoms with Gasteiger partial charge in [-0.3, -0.25) is 24.0 Å². The Hall–Kier alpha value is -4.38. The van der Waals surface area contributed by atoms with Gasteiger partial charge in [-0.1, -0.05) is 48.6 Å². The first-order valence-electron chi connectivity index (χ1n) is 20.7. The molecule has 5 aliphatic rings. The molecule has 5 fully saturated rings. The number of amides is 2. The second-order valence-corrected chi connectivity index (χ2v) is 17.1. The number of aliphatic hydroxyl groups is 5. The maximum atomic E-state index is 14.6. The van der Waals surface area contributed by atoms with Gasteiger partial charge in [-0.15, -0.1) is 0 Å². The molecule has 0 radical (unpaired) electrons. The predicted octanol–water partition coefficient (Wildman–Crippen LogP) is -0.413. The summed E-state index contributed by atoms with van der Waals surface area (Å²) in [6.07, 6.45) is -6.47. The fourth-order valence-electron chi connectivity index (χ4n) is 8.70. The zero-order chi connectivity index (χ0) is 44.3. The first-order chi connectivity index (χ1) is 29.6. The van der Waals surface area contributed by atoms with Crippen LogP contribution in [0.2, 0.25) is 0 Å². The van der Waals surface area contributed by atoms with Crippen LogP contribution in [0.5, 0.6) is 0 Å². The predicted molar refractivity (Wildman–Crippen MR) is 213 cm³/mol. The van der Waals surface area contributed by atoms with Crippen molar-refractivity contribution in [2.24, 2.45) is 5.41 Å². The highest BCUT2D eigenvalue weighted by atomic mass is 16.8. The van der Waals surface area contributed by atoms with Crippen LogP contribution in [-0.4, -0.2) is 154 Å². The van der Waals surface area contributed by atoms with Crippen LogP contribution < -0.4 is 10.6 Å². The van der Waals surface area contributed by atoms with Crippen molar-refractivity contribution in [2.75, 3.05) is 26.6 Å². The third kappa shape index (κ3) is 9.58. The molecule has 2 bridgehead atoms. The number of carbonyl (C=O) groups excluding carboxylic acids is 4. The van der Waals surface area contributed by atoms with Gasteiger partial charge in [0.2, 0.25) is 5.91 Å². The molecule has 7 N–H and O–H groups in total. The number of ether oxygens (including phenoxy) is 6. The van der Waals surface area contributed by atoms with Gasteiger partial charge in [-0.2, -0.15) is 5.06 Å². The Labute approximate surface area is 357 Å². The monoisotopic (exact) mass is 869 g/mol. The number of hydroxylamine groups is 2. The van der Waals surface area contributed by atoms with Gasteiger partial charge in [0.1, 0.15) is 66.6 Å². The Morgan fingerprint density at radius 1 is 1.02 bits per heavy atom. The molecule has 338 valence electrons. The minimum absolute atomic E-state index is 0.00301. The summed E-state index contributed by atoms with van der Waals surface area (Å²) in [5.41, 5.74) is 0.166. The van der Waals surface area contributed by atoms with Gasteiger partial charge in [0.05, 0.1) is 32.4 Å². The Balaban J connectivity index is 1.03. The van der Waals surface area contributed by atoms with Crippen molar-refractivity contribution < 1.29 is 78.0 Å². The summed E-state index contributed by atoms with van der Waals surface area (Å²) in [4.78, 5) is 60.6. The number of fused-ring (bicyclic) bond motifs is 4. The molecular weight excluding hydrogens is 814 g/mol. The standard InChI is InChI=1S/C43H55N3O16/c1-42(2,3)61-30(49)14-13-27(20-47)45-38(53)25-11-6-8-23(16-25)18-44-41(55)43-17-28-34-35(58-22-57-34)37(43)62-46(36(43)39(54)59-28)19-26-10-5-4-9-24(26)12-7-15-56-40-33(52)32(51)31(50)29(21-48)60-40/h4-12,16,27-29,31-37,40,47-48,50-52H,13-15,17-22H2,1-3H3,(H,44,55)(H,45,53). The van der Waals surface area contributed by atoms with E-state index in [1.165, 1.54) is 5.06 Å². The van der Waals surface area contributed by atoms with Crippen molar-refractivity contribution in [2.45, 2.75) is 126 Å². The third-order valence-corrected chi connectivity index (χ3v) is 11.7. The van der Waals surface area contributed by atoms with Crippen LogP contribution in [0.3, 0.4) is 0 Å². The van der Waals surface area contributed by atoms with Crippen LogP contribution in [0.1, 0.15) is 67.1 Å². The van der Waals surface area contributed by atoms with Gasteiger partial charge in [0.25, 0.3) is 5.91 Å². The quantitative estimate of drug-likeness (QED) is 0.106. The lowest BCUT2D eigenvalue weighted by molar-refractivity contribution is -0.298. The topological polar surface area (TPSA) is 261 Å². The molecule has 19 nitrogen and oxygen atoms in total. The second kappa shape index (κ2) is 19.2. The van der Waals surface area contributed by atoms with Gasteiger partial charge in [-0.05, 0) is 56.0 Å². The van der Waals surface area contributed by atoms with E-state index >= 15 is 0 Å². The molecule has 4 saturated heterocycles. The summed E-state index contributed by atoms with van der Waals surface area (Å²) in [5, 5.41) is 57.1. The van der Waals surface area contributed by atoms with Crippen molar-refractivity contribution in [3.05, 3.63) is 76.9 Å². The molecule has 1 aliphatic carbocycles. The SMILES string of the molecule is CC(C)(C)OC(=O)CCC(CO)NC(=O)c1cccc(CNC(=O)C23CC4OC(=O)C2N(Cc2ccccc2C=CCOC2OC(CO)C(O)C(O)C2O)OC3C2OCOC42)c1. The molecule has 7 rings (SSSR count). The van der Waals surface area contributed by atoms with Gasteiger partial charge in [0, 0.05) is 24.9 Å². The normalized spacial score (nSPS) is 32.2. The van der Waals surface area contributed by atoms with E-state index in [2.05, 4.69) is 10.6 Å². The minimum atomic E-state index is -1.58. The Morgan fingerprint density at radius 2 is 1.79 bits per heavy atom. The number of hydrogen-bond acceptors (Lipinski definition) is 17. The number of aliphatic hydroxyl groups excluding tert-OH is 5. The molecule has 0 aromatic heterocycles. The molecule has 4 aliphatic heterocycles. The zero-order valence-corrected chi connectivity index (χ0v) is 34.7. The van der Waals surface area contributed by atoms with E-state index in [-0.39, 0.29) is 57.9 Å². The van der Waals surface area contributed by atoms with Crippen LogP contribution in [0.25, 0.3) is 6.08 Å². The highest BCUT2D eigenvalue weighted by Gasteiger charge is 2.74. The number of hydrogen-bond donors (Lipinski definition) is 7. The van der Waals surface area contributed by atoms with E-state index in [1.807, 2.05) is 24.3 Å². The van der Waals surface area contributed by atoms with Crippen molar-refractivity contribution in [1.29, 1.82) is 0 Å². The lowest BCUT2D eigenvalue weighted by Crippen LogP contribution is -2.69. The molecule has 12 unspecified atom stereocenters. The number of benzene rings is 2. The molecule has 12 atom stereocenters. The summed E-state index contributed by atoms with van der Waals surface area (Å²) in [5.74, 6) is -2.05. The van der Waals surface area contributed by atoms with E-state index in [1.54, 1.807) is 57.2 Å². The highest BCUT2D eigenvalue weighted by molar-refractivity contribution is 5.95. The largest absolute Gasteiger partial charge is 0.460 e. The van der Waals surface area contributed by atoms with E-state index in [0.29, 0.717) is 16.7 Å². The molecule has 62 heavy (non-hydrogen) atoms. The summed E-state index contributed by atoms with van der Waals surface area (Å²) in [6.45, 7) is 4.18. The fourth-order valence-corrected chi connectivity index (χ4v) is 8.70. The number of rotatable bonds is 16. The third-order valence-electron chi connectivity index (χ3n) is 11.7. The summed E-state index contributed by atoms with van der Waals surface area (Å²) < 4.78 is 34.1. The molecule has 1 saturated carbocycles. The maximum absolute atomic E-state index is 14.6. The molecular formula is C43H55N3O16. The van der Waals surface area contributed by atoms with Crippen LogP contribution in [0.15, 0.2) is 54.6 Å². The van der Waals surface area contributed by atoms with E-state index < -0.39 is 109 Å². The van der Waals surface area contributed by atoms with Gasteiger partial charge in [0.15, 0.2) is 12.3 Å². The first-order valence-corrected chi connectivity index (χ1v) is 20.7. The number of carbonyl (C=O) groups is 4. The average Bonchev–Trinajstić information content (AvgIpc) is 3.88. The molecule has 0 spiro atoms. The number of nitrogens with one attached hydrogen (secondary N) is 2. The van der Waals surface area contributed by atoms with E-state index in [9.17, 15) is 44.7 Å². The van der Waals surface area contributed by atoms with Crippen LogP contribution in [0, 0.1) is 5.41 Å². The molecule has 2 amide bonds. The maximum Gasteiger partial charge on any atom is 0.327 e. The second-order valence-electron chi connectivity index (χ2n) is 17.1. The van der Waals surface area contributed by atoms with Gasteiger partial charge in [-0.25, -0.2) is 0 Å². The smallest absolute Gasteiger partial charge is 0.327 e. The fraction of sp³-hybridized carbons (Fsp3) is 0.581. The minimum Gasteiger partial charge on any atom is -0.460 e. The molecule has 2 aromatic carbocycles. The zero-order valence-electron chi connectivity index (χ0n) is 34.7. The highest BCUT2D eigenvalue weighted by Crippen LogP contribution is 2.55. The van der Waals surface area contributed by atoms with Crippen LogP contribution in [0.4, 0.5) is 0 Å². The van der Waals surface area contributed by atoms with Gasteiger partial charge < -0.3 is 64.6 Å². The summed E-state index contributed by atoms with van der Waals surface area (Å²) in [6, 6.07) is 12.0. The van der Waals surface area contributed by atoms with Crippen LogP contribution >= 0.6 is 0 Å². The number of nitrogens with zero attached hydrogens (tertiary/aromatic N) is 1. The van der Waals surface area contributed by atoms with E-state index in [4.69, 9.17) is 33.3 Å². The van der Waals surface area contributed by atoms with Gasteiger partial charge >= 0.3 is 11.9 Å². The molecule has 4 heterocycles. The summed E-state index contributed by atoms with van der Waals surface area (Å²) >= 11 is 0. The van der Waals surface area contributed by atoms with Crippen molar-refractivity contribution in [3.63, 3.8) is 0 Å². The first kappa shape index (κ1) is 45.6. The Morgan fingerprint density at radius 3 is 2.55 bits per heavy atom. The van der Waals surface area contributed by atoms with Crippen molar-refractivity contribution >= 4 is 29.8 Å². The molecule has 19 heteroatoms. The van der Waals surface area contributed by atoms with E-state index in [0.717, 1.165) is 0 Å². The summed E-state index contributed by atoms with van der Waals surface area (Å²) in [7, 11) is 0. The Bertz CT molecular complexity index is 1970. The molecule has 2 aromatic rings. The average molecular weight is 870 g/mol. The lowest BCUT2D eigenvalue weighted by Gasteiger charge is -2.48. The lowest BCUT2D eigenvalue weighted by atomic mass is 9.62. The van der Waals surface area contributed by atoms with Crippen LogP contribution in [-0.2, 0) is 60.7 Å². The number of esters is 2. The Kier molecular flexibility index (Phi) is 14.1. The van der Waals surface area contributed by atoms with Crippen molar-refractivity contribution in [3.8, 4) is 0 Å². The van der Waals surface area contributed by atoms with Crippen molar-refractivity contribution in [1.82, 2.24) is 15.7 Å².